The van der Waals surface area contributed by atoms with E-state index in [1.165, 1.54) is 45.7 Å². The predicted octanol–water partition coefficient (Wildman–Crippen LogP) is 0.717. The Bertz CT molecular complexity index is 197. The lowest BCUT2D eigenvalue weighted by atomic mass is 10.2. The third kappa shape index (κ3) is 2.71. The van der Waals surface area contributed by atoms with Crippen molar-refractivity contribution in [3.05, 3.63) is 0 Å². The first-order valence-corrected chi connectivity index (χ1v) is 6.33. The highest BCUT2D eigenvalue weighted by Crippen LogP contribution is 2.18. The van der Waals surface area contributed by atoms with Crippen molar-refractivity contribution in [3.63, 3.8) is 0 Å². The summed E-state index contributed by atoms with van der Waals surface area (Å²) in [5.41, 5.74) is 0. The van der Waals surface area contributed by atoms with Gasteiger partial charge in [-0.25, -0.2) is 0 Å². The summed E-state index contributed by atoms with van der Waals surface area (Å²) >= 11 is 0. The van der Waals surface area contributed by atoms with Gasteiger partial charge in [-0.2, -0.15) is 0 Å². The summed E-state index contributed by atoms with van der Waals surface area (Å²) in [4.78, 5) is 7.75. The molecule has 0 bridgehead atoms. The fourth-order valence-corrected chi connectivity index (χ4v) is 2.72. The number of hydrogen-bond donors (Lipinski definition) is 0. The monoisotopic (exact) mass is 211 g/mol. The van der Waals surface area contributed by atoms with Crippen LogP contribution in [0.3, 0.4) is 0 Å². The normalized spacial score (nSPS) is 31.6. The van der Waals surface area contributed by atoms with Gasteiger partial charge < -0.3 is 4.90 Å². The molecule has 0 aromatic rings. The molecule has 0 spiro atoms. The van der Waals surface area contributed by atoms with Crippen LogP contribution >= 0.6 is 0 Å². The highest BCUT2D eigenvalue weighted by atomic mass is 15.3. The van der Waals surface area contributed by atoms with Crippen molar-refractivity contribution in [2.45, 2.75) is 32.4 Å². The van der Waals surface area contributed by atoms with Crippen molar-refractivity contribution >= 4 is 0 Å². The molecule has 15 heavy (non-hydrogen) atoms. The molecule has 2 aliphatic heterocycles. The molecule has 2 fully saturated rings. The molecule has 0 aromatic carbocycles. The second-order valence-electron chi connectivity index (χ2n) is 5.37. The Morgan fingerprint density at radius 2 is 1.67 bits per heavy atom. The molecular weight excluding hydrogens is 186 g/mol. The minimum atomic E-state index is 0.725. The SMILES string of the molecule is CC(C)N1CCC(N2CCN(C)CC2)C1. The fourth-order valence-electron chi connectivity index (χ4n) is 2.72. The smallest absolute Gasteiger partial charge is 0.0236 e. The molecule has 88 valence electrons. The van der Waals surface area contributed by atoms with Crippen LogP contribution in [0.5, 0.6) is 0 Å². The van der Waals surface area contributed by atoms with E-state index in [0.717, 1.165) is 12.1 Å². The molecule has 1 unspecified atom stereocenters. The number of likely N-dealkylation sites (tertiary alicyclic amines) is 1. The molecule has 3 nitrogen and oxygen atoms in total. The molecule has 0 aromatic heterocycles. The summed E-state index contributed by atoms with van der Waals surface area (Å²) in [6.07, 6.45) is 1.38. The Labute approximate surface area is 94.0 Å². The molecular formula is C12H25N3. The van der Waals surface area contributed by atoms with E-state index in [1.54, 1.807) is 0 Å². The van der Waals surface area contributed by atoms with E-state index in [-0.39, 0.29) is 0 Å². The van der Waals surface area contributed by atoms with Gasteiger partial charge >= 0.3 is 0 Å². The summed E-state index contributed by atoms with van der Waals surface area (Å²) in [6, 6.07) is 1.56. The average molecular weight is 211 g/mol. The van der Waals surface area contributed by atoms with Crippen molar-refractivity contribution in [1.29, 1.82) is 0 Å². The van der Waals surface area contributed by atoms with Crippen LogP contribution in [0.2, 0.25) is 0 Å². The van der Waals surface area contributed by atoms with E-state index >= 15 is 0 Å². The lowest BCUT2D eigenvalue weighted by molar-refractivity contribution is 0.110. The predicted molar refractivity (Wildman–Crippen MR) is 64.2 cm³/mol. The Morgan fingerprint density at radius 3 is 2.20 bits per heavy atom. The number of piperazine rings is 1. The Kier molecular flexibility index (Phi) is 3.65. The first kappa shape index (κ1) is 11.4. The molecule has 2 rings (SSSR count). The third-order valence-corrected chi connectivity index (χ3v) is 3.98. The van der Waals surface area contributed by atoms with E-state index in [4.69, 9.17) is 0 Å². The molecule has 0 aliphatic carbocycles. The van der Waals surface area contributed by atoms with Gasteiger partial charge in [0.05, 0.1) is 0 Å². The first-order chi connectivity index (χ1) is 7.16. The maximum absolute atomic E-state index is 2.70. The summed E-state index contributed by atoms with van der Waals surface area (Å²) in [5, 5.41) is 0. The Hall–Kier alpha value is -0.120. The van der Waals surface area contributed by atoms with Crippen LogP contribution in [0, 0.1) is 0 Å². The van der Waals surface area contributed by atoms with Crippen LogP contribution < -0.4 is 0 Å². The van der Waals surface area contributed by atoms with Gasteiger partial charge in [-0.05, 0) is 27.3 Å². The number of rotatable bonds is 2. The minimum Gasteiger partial charge on any atom is -0.304 e. The quantitative estimate of drug-likeness (QED) is 0.666. The number of nitrogens with zero attached hydrogens (tertiary/aromatic N) is 3. The fraction of sp³-hybridized carbons (Fsp3) is 1.00. The van der Waals surface area contributed by atoms with Crippen molar-refractivity contribution < 1.29 is 0 Å². The van der Waals surface area contributed by atoms with Gasteiger partial charge in [0.15, 0.2) is 0 Å². The van der Waals surface area contributed by atoms with Gasteiger partial charge in [-0.15, -0.1) is 0 Å². The maximum atomic E-state index is 2.70. The molecule has 2 aliphatic rings. The third-order valence-electron chi connectivity index (χ3n) is 3.98. The highest BCUT2D eigenvalue weighted by molar-refractivity contribution is 4.86. The summed E-state index contributed by atoms with van der Waals surface area (Å²) in [7, 11) is 2.23. The van der Waals surface area contributed by atoms with Crippen LogP contribution in [-0.2, 0) is 0 Å². The van der Waals surface area contributed by atoms with Crippen molar-refractivity contribution in [3.8, 4) is 0 Å². The molecule has 0 amide bonds. The van der Waals surface area contributed by atoms with Gasteiger partial charge in [0.2, 0.25) is 0 Å². The second kappa shape index (κ2) is 4.81. The lowest BCUT2D eigenvalue weighted by Gasteiger charge is -2.36. The Balaban J connectivity index is 1.80. The van der Waals surface area contributed by atoms with Crippen LogP contribution in [0.15, 0.2) is 0 Å². The summed E-state index contributed by atoms with van der Waals surface area (Å²) in [6.45, 7) is 12.3. The average Bonchev–Trinajstić information content (AvgIpc) is 2.68. The van der Waals surface area contributed by atoms with Crippen LogP contribution in [0.1, 0.15) is 20.3 Å². The lowest BCUT2D eigenvalue weighted by Crippen LogP contribution is -2.50. The van der Waals surface area contributed by atoms with E-state index in [9.17, 15) is 0 Å². The zero-order chi connectivity index (χ0) is 10.8. The summed E-state index contributed by atoms with van der Waals surface area (Å²) < 4.78 is 0. The Morgan fingerprint density at radius 1 is 1.00 bits per heavy atom. The van der Waals surface area contributed by atoms with E-state index in [0.29, 0.717) is 0 Å². The molecule has 0 radical (unpaired) electrons. The van der Waals surface area contributed by atoms with Crippen molar-refractivity contribution in [2.75, 3.05) is 46.3 Å². The number of likely N-dealkylation sites (N-methyl/N-ethyl adjacent to an activating group) is 1. The highest BCUT2D eigenvalue weighted by Gasteiger charge is 2.29. The largest absolute Gasteiger partial charge is 0.304 e. The van der Waals surface area contributed by atoms with Gasteiger partial charge in [-0.3, -0.25) is 9.80 Å². The van der Waals surface area contributed by atoms with Crippen LogP contribution in [0.25, 0.3) is 0 Å². The molecule has 2 heterocycles. The second-order valence-corrected chi connectivity index (χ2v) is 5.37. The van der Waals surface area contributed by atoms with E-state index < -0.39 is 0 Å². The molecule has 3 heteroatoms. The zero-order valence-corrected chi connectivity index (χ0v) is 10.4. The topological polar surface area (TPSA) is 9.72 Å². The van der Waals surface area contributed by atoms with Gasteiger partial charge in [-0.1, -0.05) is 0 Å². The minimum absolute atomic E-state index is 0.725. The molecule has 1 atom stereocenters. The van der Waals surface area contributed by atoms with Gasteiger partial charge in [0, 0.05) is 51.4 Å². The van der Waals surface area contributed by atoms with Crippen LogP contribution in [0.4, 0.5) is 0 Å². The van der Waals surface area contributed by atoms with Gasteiger partial charge in [0.1, 0.15) is 0 Å². The molecule has 0 N–H and O–H groups in total. The summed E-state index contributed by atoms with van der Waals surface area (Å²) in [5.74, 6) is 0. The van der Waals surface area contributed by atoms with Crippen molar-refractivity contribution in [1.82, 2.24) is 14.7 Å². The maximum Gasteiger partial charge on any atom is 0.0236 e. The van der Waals surface area contributed by atoms with E-state index in [2.05, 4.69) is 35.6 Å². The van der Waals surface area contributed by atoms with Gasteiger partial charge in [0.25, 0.3) is 0 Å². The molecule has 0 saturated carbocycles. The van der Waals surface area contributed by atoms with Crippen molar-refractivity contribution in [2.24, 2.45) is 0 Å². The van der Waals surface area contributed by atoms with Crippen LogP contribution in [-0.4, -0.2) is 73.1 Å². The molecule has 2 saturated heterocycles. The first-order valence-electron chi connectivity index (χ1n) is 6.33. The van der Waals surface area contributed by atoms with E-state index in [1.807, 2.05) is 0 Å². The number of hydrogen-bond acceptors (Lipinski definition) is 3. The standard InChI is InChI=1S/C12H25N3/c1-11(2)15-5-4-12(10-15)14-8-6-13(3)7-9-14/h11-12H,4-10H2,1-3H3. The zero-order valence-electron chi connectivity index (χ0n) is 10.4.